The molecular formula is C9H20O3P-. The maximum absolute atomic E-state index is 11.1. The van der Waals surface area contributed by atoms with Gasteiger partial charge in [-0.3, -0.25) is 0 Å². The molecule has 0 aliphatic rings. The van der Waals surface area contributed by atoms with Crippen LogP contribution in [0.5, 0.6) is 0 Å². The van der Waals surface area contributed by atoms with Gasteiger partial charge in [-0.15, -0.1) is 0 Å². The van der Waals surface area contributed by atoms with Crippen LogP contribution in [0.15, 0.2) is 0 Å². The van der Waals surface area contributed by atoms with E-state index < -0.39 is 7.60 Å². The van der Waals surface area contributed by atoms with Crippen molar-refractivity contribution in [2.75, 3.05) is 12.8 Å². The quantitative estimate of drug-likeness (QED) is 0.475. The van der Waals surface area contributed by atoms with E-state index in [1.807, 2.05) is 0 Å². The molecule has 0 aromatic heterocycles. The summed E-state index contributed by atoms with van der Waals surface area (Å²) >= 11 is 0. The first kappa shape index (κ1) is 13.2. The molecular weight excluding hydrogens is 187 g/mol. The van der Waals surface area contributed by atoms with Crippen molar-refractivity contribution in [2.24, 2.45) is 5.92 Å². The highest BCUT2D eigenvalue weighted by atomic mass is 31.2. The fourth-order valence-electron chi connectivity index (χ4n) is 1.12. The van der Waals surface area contributed by atoms with Crippen LogP contribution in [-0.4, -0.2) is 12.8 Å². The van der Waals surface area contributed by atoms with Gasteiger partial charge in [0.05, 0.1) is 6.61 Å². The molecule has 0 rings (SSSR count). The maximum atomic E-state index is 11.1. The molecule has 0 N–H and O–H groups in total. The van der Waals surface area contributed by atoms with Gasteiger partial charge in [-0.1, -0.05) is 26.7 Å². The highest BCUT2D eigenvalue weighted by Gasteiger charge is 2.06. The van der Waals surface area contributed by atoms with E-state index in [0.717, 1.165) is 19.3 Å². The topological polar surface area (TPSA) is 49.4 Å². The van der Waals surface area contributed by atoms with Gasteiger partial charge in [0, 0.05) is 6.16 Å². The van der Waals surface area contributed by atoms with Gasteiger partial charge < -0.3 is 14.0 Å². The van der Waals surface area contributed by atoms with Crippen LogP contribution >= 0.6 is 7.60 Å². The summed E-state index contributed by atoms with van der Waals surface area (Å²) in [6.07, 6.45) is 2.97. The Morgan fingerprint density at radius 2 is 2.00 bits per heavy atom. The van der Waals surface area contributed by atoms with E-state index in [4.69, 9.17) is 0 Å². The second kappa shape index (κ2) is 6.58. The Bertz CT molecular complexity index is 168. The van der Waals surface area contributed by atoms with Crippen LogP contribution in [0.25, 0.3) is 0 Å². The standard InChI is InChI=1S/C9H21O3P/c1-4-12-13(10,11)8-6-5-7-9(2)3/h9H,4-8H2,1-3H3,(H,10,11)/p-1. The summed E-state index contributed by atoms with van der Waals surface area (Å²) in [5, 5.41) is 0. The smallest absolute Gasteiger partial charge is 0.134 e. The van der Waals surface area contributed by atoms with Gasteiger partial charge in [0.25, 0.3) is 0 Å². The molecule has 0 radical (unpaired) electrons. The lowest BCUT2D eigenvalue weighted by atomic mass is 10.1. The lowest BCUT2D eigenvalue weighted by Crippen LogP contribution is -2.08. The predicted molar refractivity (Wildman–Crippen MR) is 52.8 cm³/mol. The molecule has 0 spiro atoms. The van der Waals surface area contributed by atoms with Gasteiger partial charge in [0.2, 0.25) is 0 Å². The zero-order chi connectivity index (χ0) is 10.3. The Morgan fingerprint density at radius 3 is 2.46 bits per heavy atom. The molecule has 80 valence electrons. The fourth-order valence-corrected chi connectivity index (χ4v) is 2.25. The summed E-state index contributed by atoms with van der Waals surface area (Å²) in [6, 6.07) is 0. The normalized spacial score (nSPS) is 16.1. The zero-order valence-corrected chi connectivity index (χ0v) is 9.68. The van der Waals surface area contributed by atoms with E-state index in [0.29, 0.717) is 5.92 Å². The molecule has 0 fully saturated rings. The van der Waals surface area contributed by atoms with Gasteiger partial charge in [-0.2, -0.15) is 0 Å². The van der Waals surface area contributed by atoms with Crippen molar-refractivity contribution in [2.45, 2.75) is 40.0 Å². The van der Waals surface area contributed by atoms with E-state index in [1.54, 1.807) is 6.92 Å². The van der Waals surface area contributed by atoms with Crippen molar-refractivity contribution in [3.8, 4) is 0 Å². The van der Waals surface area contributed by atoms with Gasteiger partial charge >= 0.3 is 0 Å². The van der Waals surface area contributed by atoms with Gasteiger partial charge in [0.1, 0.15) is 7.60 Å². The van der Waals surface area contributed by atoms with E-state index in [1.165, 1.54) is 0 Å². The summed E-state index contributed by atoms with van der Waals surface area (Å²) in [5.41, 5.74) is 0. The second-order valence-electron chi connectivity index (χ2n) is 3.64. The van der Waals surface area contributed by atoms with Gasteiger partial charge in [0.15, 0.2) is 0 Å². The number of rotatable bonds is 7. The lowest BCUT2D eigenvalue weighted by Gasteiger charge is -2.22. The molecule has 1 unspecified atom stereocenters. The van der Waals surface area contributed by atoms with Crippen LogP contribution in [-0.2, 0) is 9.09 Å². The van der Waals surface area contributed by atoms with Crippen LogP contribution in [0.2, 0.25) is 0 Å². The zero-order valence-electron chi connectivity index (χ0n) is 8.78. The molecule has 0 saturated heterocycles. The van der Waals surface area contributed by atoms with Crippen molar-refractivity contribution in [3.05, 3.63) is 0 Å². The van der Waals surface area contributed by atoms with Crippen LogP contribution < -0.4 is 4.89 Å². The molecule has 0 amide bonds. The summed E-state index contributed by atoms with van der Waals surface area (Å²) < 4.78 is 15.7. The summed E-state index contributed by atoms with van der Waals surface area (Å²) in [5.74, 6) is 0.651. The molecule has 0 aliphatic heterocycles. The summed E-state index contributed by atoms with van der Waals surface area (Å²) in [6.45, 7) is 6.22. The van der Waals surface area contributed by atoms with Crippen molar-refractivity contribution < 1.29 is 14.0 Å². The summed E-state index contributed by atoms with van der Waals surface area (Å²) in [4.78, 5) is 11.1. The lowest BCUT2D eigenvalue weighted by molar-refractivity contribution is -0.198. The fraction of sp³-hybridized carbons (Fsp3) is 1.00. The molecule has 0 bridgehead atoms. The van der Waals surface area contributed by atoms with E-state index >= 15 is 0 Å². The van der Waals surface area contributed by atoms with Gasteiger partial charge in [-0.05, 0) is 19.3 Å². The van der Waals surface area contributed by atoms with E-state index in [-0.39, 0.29) is 12.8 Å². The molecule has 3 nitrogen and oxygen atoms in total. The first-order valence-electron chi connectivity index (χ1n) is 4.92. The molecule has 13 heavy (non-hydrogen) atoms. The van der Waals surface area contributed by atoms with Crippen molar-refractivity contribution in [1.29, 1.82) is 0 Å². The highest BCUT2D eigenvalue weighted by Crippen LogP contribution is 2.37. The first-order valence-corrected chi connectivity index (χ1v) is 6.65. The SMILES string of the molecule is CCOP(=O)([O-])CCCCC(C)C. The predicted octanol–water partition coefficient (Wildman–Crippen LogP) is 2.40. The second-order valence-corrected chi connectivity index (χ2v) is 5.57. The summed E-state index contributed by atoms with van der Waals surface area (Å²) in [7, 11) is -3.50. The third kappa shape index (κ3) is 8.48. The van der Waals surface area contributed by atoms with Gasteiger partial charge in [-0.25, -0.2) is 0 Å². The number of hydrogen-bond donors (Lipinski definition) is 0. The van der Waals surface area contributed by atoms with E-state index in [9.17, 15) is 9.46 Å². The van der Waals surface area contributed by atoms with Crippen LogP contribution in [0.3, 0.4) is 0 Å². The Kier molecular flexibility index (Phi) is 6.66. The first-order chi connectivity index (χ1) is 5.98. The highest BCUT2D eigenvalue weighted by molar-refractivity contribution is 7.51. The van der Waals surface area contributed by atoms with Crippen LogP contribution in [0, 0.1) is 5.92 Å². The third-order valence-electron chi connectivity index (χ3n) is 1.79. The number of unbranched alkanes of at least 4 members (excludes halogenated alkanes) is 1. The Morgan fingerprint density at radius 1 is 1.38 bits per heavy atom. The molecule has 0 saturated carbocycles. The van der Waals surface area contributed by atoms with Crippen molar-refractivity contribution in [1.82, 2.24) is 0 Å². The Labute approximate surface area is 81.0 Å². The number of hydrogen-bond acceptors (Lipinski definition) is 3. The Hall–Kier alpha value is 0.150. The average molecular weight is 207 g/mol. The molecule has 0 heterocycles. The maximum Gasteiger partial charge on any atom is 0.134 e. The molecule has 4 heteroatoms. The van der Waals surface area contributed by atoms with Crippen LogP contribution in [0.1, 0.15) is 40.0 Å². The minimum atomic E-state index is -3.50. The largest absolute Gasteiger partial charge is 0.778 e. The Balaban J connectivity index is 3.46. The van der Waals surface area contributed by atoms with Crippen molar-refractivity contribution in [3.63, 3.8) is 0 Å². The molecule has 0 aliphatic carbocycles. The van der Waals surface area contributed by atoms with E-state index in [2.05, 4.69) is 18.4 Å². The minimum absolute atomic E-state index is 0.188. The van der Waals surface area contributed by atoms with Crippen molar-refractivity contribution >= 4 is 7.60 Å². The molecule has 0 aromatic carbocycles. The molecule has 0 aromatic rings. The monoisotopic (exact) mass is 207 g/mol. The average Bonchev–Trinajstić information content (AvgIpc) is 1.98. The minimum Gasteiger partial charge on any atom is -0.778 e. The molecule has 1 atom stereocenters. The van der Waals surface area contributed by atoms with Crippen LogP contribution in [0.4, 0.5) is 0 Å². The third-order valence-corrected chi connectivity index (χ3v) is 3.30.